The number of para-hydroxylation sites is 2. The number of rotatable bonds is 21. The first-order chi connectivity index (χ1) is 26.2. The van der Waals surface area contributed by atoms with Gasteiger partial charge in [0.25, 0.3) is 0 Å². The van der Waals surface area contributed by atoms with Gasteiger partial charge < -0.3 is 24.3 Å². The van der Waals surface area contributed by atoms with Crippen LogP contribution in [0.15, 0.2) is 103 Å². The van der Waals surface area contributed by atoms with Gasteiger partial charge >= 0.3 is 0 Å². The molecule has 3 aromatic heterocycles. The number of hydrogen-bond acceptors (Lipinski definition) is 4. The van der Waals surface area contributed by atoms with Crippen LogP contribution in [0.3, 0.4) is 0 Å². The Morgan fingerprint density at radius 2 is 1.35 bits per heavy atom. The zero-order chi connectivity index (χ0) is 38.3. The minimum absolute atomic E-state index is 1.02. The summed E-state index contributed by atoms with van der Waals surface area (Å²) in [5.41, 5.74) is 10.4. The van der Waals surface area contributed by atoms with Crippen LogP contribution < -0.4 is 15.2 Å². The van der Waals surface area contributed by atoms with E-state index in [1.54, 1.807) is 0 Å². The first kappa shape index (κ1) is 41.2. The summed E-state index contributed by atoms with van der Waals surface area (Å²) in [6, 6.07) is 22.0. The normalized spacial score (nSPS) is 12.8. The summed E-state index contributed by atoms with van der Waals surface area (Å²) < 4.78 is 8.14. The van der Waals surface area contributed by atoms with Gasteiger partial charge in [0.1, 0.15) is 7.05 Å². The summed E-state index contributed by atoms with van der Waals surface area (Å²) in [5, 5.41) is 9.43. The highest BCUT2D eigenvalue weighted by molar-refractivity contribution is 8.76. The van der Waals surface area contributed by atoms with Crippen LogP contribution in [0.2, 0.25) is 0 Å². The highest BCUT2D eigenvalue weighted by atomic mass is 33.1. The van der Waals surface area contributed by atoms with Crippen molar-refractivity contribution in [3.63, 3.8) is 0 Å². The summed E-state index contributed by atoms with van der Waals surface area (Å²) in [6.45, 7) is 13.1. The molecule has 0 radical (unpaired) electrons. The number of allylic oxidation sites excluding steroid dienone is 4. The average Bonchev–Trinajstić information content (AvgIpc) is 3.60. The van der Waals surface area contributed by atoms with E-state index in [2.05, 4.69) is 176 Å². The van der Waals surface area contributed by atoms with Crippen molar-refractivity contribution in [3.05, 3.63) is 131 Å². The van der Waals surface area contributed by atoms with E-state index in [9.17, 15) is 0 Å². The van der Waals surface area contributed by atoms with Gasteiger partial charge in [-0.2, -0.15) is 0 Å². The third kappa shape index (κ3) is 11.3. The second-order valence-corrected chi connectivity index (χ2v) is 17.4. The highest BCUT2D eigenvalue weighted by Gasteiger charge is 2.17. The lowest BCUT2D eigenvalue weighted by molar-refractivity contribution is -0.888. The number of fused-ring (bicyclic) bond motifs is 2. The molecule has 0 aliphatic rings. The topological polar surface area (TPSA) is 37.8 Å². The van der Waals surface area contributed by atoms with Gasteiger partial charge in [-0.05, 0) is 69.3 Å². The smallest absolute Gasteiger partial charge is 0.169 e. The maximum Gasteiger partial charge on any atom is 0.169 e. The first-order valence-electron chi connectivity index (χ1n) is 19.5. The van der Waals surface area contributed by atoms with Crippen LogP contribution in [-0.4, -0.2) is 72.4 Å². The molecular weight excluding hydrogens is 701 g/mol. The summed E-state index contributed by atoms with van der Waals surface area (Å²) in [5.74, 6) is 2.31. The van der Waals surface area contributed by atoms with Gasteiger partial charge in [0.15, 0.2) is 12.4 Å². The summed E-state index contributed by atoms with van der Waals surface area (Å²) in [6.07, 6.45) is 21.7. The molecule has 0 saturated heterocycles. The Morgan fingerprint density at radius 1 is 0.741 bits per heavy atom. The molecule has 2 aromatic carbocycles. The van der Waals surface area contributed by atoms with E-state index < -0.39 is 0 Å². The van der Waals surface area contributed by atoms with Gasteiger partial charge in [-0.1, -0.05) is 88.4 Å². The zero-order valence-corrected chi connectivity index (χ0v) is 35.3. The van der Waals surface area contributed by atoms with E-state index in [0.29, 0.717) is 0 Å². The van der Waals surface area contributed by atoms with E-state index in [1.165, 1.54) is 74.3 Å². The molecule has 0 spiro atoms. The minimum Gasteiger partial charge on any atom is -0.394 e. The van der Waals surface area contributed by atoms with Gasteiger partial charge in [-0.3, -0.25) is 0 Å². The molecule has 2 N–H and O–H groups in total. The number of nitrogens with zero attached hydrogens (tertiary/aromatic N) is 4. The van der Waals surface area contributed by atoms with Crippen molar-refractivity contribution in [2.75, 3.05) is 58.8 Å². The van der Waals surface area contributed by atoms with Gasteiger partial charge in [-0.25, -0.2) is 4.57 Å². The Balaban J connectivity index is 1.00. The second-order valence-electron chi connectivity index (χ2n) is 14.7. The van der Waals surface area contributed by atoms with Crippen LogP contribution in [0.5, 0.6) is 0 Å². The first-order valence-corrected chi connectivity index (χ1v) is 22.0. The average molecular weight is 763 g/mol. The maximum atomic E-state index is 3.69. The van der Waals surface area contributed by atoms with Crippen LogP contribution in [-0.2, 0) is 20.1 Å². The van der Waals surface area contributed by atoms with Crippen LogP contribution in [0.1, 0.15) is 47.8 Å². The van der Waals surface area contributed by atoms with E-state index in [-0.39, 0.29) is 0 Å². The second kappa shape index (κ2) is 20.7. The fourth-order valence-electron chi connectivity index (χ4n) is 7.09. The molecule has 0 bridgehead atoms. The van der Waals surface area contributed by atoms with Crippen LogP contribution in [0, 0.1) is 13.8 Å². The van der Waals surface area contributed by atoms with Crippen molar-refractivity contribution in [2.45, 2.75) is 46.7 Å². The molecule has 0 fully saturated rings. The quantitative estimate of drug-likeness (QED) is 0.0257. The molecule has 3 heterocycles. The molecule has 8 heteroatoms. The molecule has 0 aliphatic heterocycles. The number of nitrogens with one attached hydrogen (secondary N) is 2. The standard InChI is InChI=1S/C46H62N6S2/c1-8-39(23-27-47-4)19-21-41-37(2)50(45-17-11-9-15-43(41)45)29-13-26-48-28-35-53-54-36-34-52(6,7)33-14-30-51-38(3)42(44-16-10-12-18-46(44)51)22-20-40-24-31-49(5)32-25-40/h8-12,15-25,27,31-32,47-48H,13-14,26,28-30,33-36H2,1-7H3/q+2/b21-19+,27-23-,39-8-. The Kier molecular flexibility index (Phi) is 15.8. The summed E-state index contributed by atoms with van der Waals surface area (Å²) in [7, 11) is 12.8. The molecule has 0 unspecified atom stereocenters. The molecule has 54 heavy (non-hydrogen) atoms. The maximum absolute atomic E-state index is 3.69. The molecule has 5 rings (SSSR count). The molecule has 5 aromatic rings. The van der Waals surface area contributed by atoms with Gasteiger partial charge in [-0.15, -0.1) is 0 Å². The molecule has 0 amide bonds. The van der Waals surface area contributed by atoms with Gasteiger partial charge in [0.05, 0.1) is 32.9 Å². The molecule has 6 nitrogen and oxygen atoms in total. The van der Waals surface area contributed by atoms with Gasteiger partial charge in [0, 0.05) is 95.3 Å². The molecule has 0 aliphatic carbocycles. The molecule has 0 atom stereocenters. The fraction of sp³-hybridized carbons (Fsp3) is 0.370. The Hall–Kier alpha value is -3.95. The van der Waals surface area contributed by atoms with E-state index in [0.717, 1.165) is 49.3 Å². The van der Waals surface area contributed by atoms with Crippen molar-refractivity contribution >= 4 is 61.6 Å². The predicted molar refractivity (Wildman–Crippen MR) is 240 cm³/mol. The third-order valence-corrected chi connectivity index (χ3v) is 12.7. The summed E-state index contributed by atoms with van der Waals surface area (Å²) >= 11 is 0. The Morgan fingerprint density at radius 3 is 2.00 bits per heavy atom. The number of aromatic nitrogens is 3. The largest absolute Gasteiger partial charge is 0.394 e. The molecular formula is C46H62N6S2+2. The summed E-state index contributed by atoms with van der Waals surface area (Å²) in [4.78, 5) is 0. The Bertz CT molecular complexity index is 2060. The van der Waals surface area contributed by atoms with Crippen molar-refractivity contribution in [1.29, 1.82) is 0 Å². The number of quaternary nitrogens is 1. The van der Waals surface area contributed by atoms with Crippen molar-refractivity contribution in [2.24, 2.45) is 7.05 Å². The number of pyridine rings is 1. The molecule has 0 saturated carbocycles. The van der Waals surface area contributed by atoms with E-state index in [4.69, 9.17) is 0 Å². The zero-order valence-electron chi connectivity index (χ0n) is 33.6. The van der Waals surface area contributed by atoms with Gasteiger partial charge in [0.2, 0.25) is 0 Å². The third-order valence-electron chi connectivity index (χ3n) is 10.3. The van der Waals surface area contributed by atoms with Crippen LogP contribution >= 0.6 is 21.6 Å². The van der Waals surface area contributed by atoms with Crippen molar-refractivity contribution < 1.29 is 9.05 Å². The lowest BCUT2D eigenvalue weighted by atomic mass is 10.1. The minimum atomic E-state index is 1.02. The monoisotopic (exact) mass is 762 g/mol. The SMILES string of the molecule is C/C=C(\C=C/NC)/C=C/c1c(C)n(CCCNCCSSCC[N+](C)(C)CCCn2c(C)c(/C=C/c3cc[n+](C)cc3)c3ccccc32)c2ccccc12. The number of benzene rings is 2. The van der Waals surface area contributed by atoms with E-state index >= 15 is 0 Å². The molecule has 286 valence electrons. The lowest BCUT2D eigenvalue weighted by Crippen LogP contribution is -2.42. The lowest BCUT2D eigenvalue weighted by Gasteiger charge is -2.29. The van der Waals surface area contributed by atoms with E-state index in [1.807, 2.05) is 34.8 Å². The highest BCUT2D eigenvalue weighted by Crippen LogP contribution is 2.29. The number of hydrogen-bond donors (Lipinski definition) is 2. The van der Waals surface area contributed by atoms with Crippen molar-refractivity contribution in [1.82, 2.24) is 19.8 Å². The van der Waals surface area contributed by atoms with Crippen LogP contribution in [0.25, 0.3) is 40.0 Å². The fourth-order valence-corrected chi connectivity index (χ4v) is 9.31. The predicted octanol–water partition coefficient (Wildman–Crippen LogP) is 9.43. The van der Waals surface area contributed by atoms with Crippen molar-refractivity contribution in [3.8, 4) is 0 Å². The number of aryl methyl sites for hydroxylation is 3. The Labute approximate surface area is 332 Å². The van der Waals surface area contributed by atoms with Crippen LogP contribution in [0.4, 0.5) is 0 Å².